The van der Waals surface area contributed by atoms with Gasteiger partial charge >= 0.3 is 0 Å². The molecule has 0 saturated carbocycles. The summed E-state index contributed by atoms with van der Waals surface area (Å²) in [6.07, 6.45) is 1.58. The summed E-state index contributed by atoms with van der Waals surface area (Å²) in [7, 11) is -2.31. The molecule has 1 aromatic heterocycles. The van der Waals surface area contributed by atoms with Gasteiger partial charge in [0.1, 0.15) is 0 Å². The van der Waals surface area contributed by atoms with Gasteiger partial charge in [0.2, 0.25) is 10.0 Å². The van der Waals surface area contributed by atoms with E-state index in [1.807, 2.05) is 11.4 Å². The second kappa shape index (κ2) is 6.59. The highest BCUT2D eigenvalue weighted by molar-refractivity contribution is 7.89. The number of ether oxygens (including phenoxy) is 1. The van der Waals surface area contributed by atoms with Crippen molar-refractivity contribution in [2.75, 3.05) is 20.2 Å². The topological polar surface area (TPSA) is 46.6 Å². The lowest BCUT2D eigenvalue weighted by Crippen LogP contribution is -2.37. The number of halogens is 1. The minimum absolute atomic E-state index is 0.0228. The van der Waals surface area contributed by atoms with Gasteiger partial charge in [-0.05, 0) is 48.4 Å². The number of methoxy groups -OCH3 is 1. The van der Waals surface area contributed by atoms with Crippen molar-refractivity contribution < 1.29 is 17.5 Å². The van der Waals surface area contributed by atoms with Gasteiger partial charge in [-0.1, -0.05) is 6.07 Å². The van der Waals surface area contributed by atoms with Crippen molar-refractivity contribution in [1.29, 1.82) is 0 Å². The molecule has 0 unspecified atom stereocenters. The van der Waals surface area contributed by atoms with Gasteiger partial charge in [0.05, 0.1) is 12.0 Å². The Kier molecular flexibility index (Phi) is 4.70. The molecule has 0 amide bonds. The van der Waals surface area contributed by atoms with E-state index in [2.05, 4.69) is 6.07 Å². The molecule has 1 fully saturated rings. The Labute approximate surface area is 139 Å². The molecule has 1 aromatic carbocycles. The fraction of sp³-hybridized carbons (Fsp3) is 0.375. The van der Waals surface area contributed by atoms with Crippen molar-refractivity contribution in [3.8, 4) is 5.75 Å². The van der Waals surface area contributed by atoms with Crippen molar-refractivity contribution in [2.45, 2.75) is 23.7 Å². The van der Waals surface area contributed by atoms with Crippen LogP contribution in [0.15, 0.2) is 40.6 Å². The molecule has 23 heavy (non-hydrogen) atoms. The number of thiophene rings is 1. The van der Waals surface area contributed by atoms with Gasteiger partial charge in [0.25, 0.3) is 0 Å². The Bertz CT molecular complexity index is 767. The Hall–Kier alpha value is -1.44. The van der Waals surface area contributed by atoms with Gasteiger partial charge < -0.3 is 4.74 Å². The van der Waals surface area contributed by atoms with E-state index in [0.29, 0.717) is 19.0 Å². The number of nitrogens with zero attached hydrogens (tertiary/aromatic N) is 1. The lowest BCUT2D eigenvalue weighted by Gasteiger charge is -2.30. The van der Waals surface area contributed by atoms with Crippen LogP contribution >= 0.6 is 11.3 Å². The molecule has 0 N–H and O–H groups in total. The third-order valence-corrected chi connectivity index (χ3v) is 7.09. The number of hydrogen-bond donors (Lipinski definition) is 0. The molecular formula is C16H18FNO3S2. The van der Waals surface area contributed by atoms with Crippen LogP contribution in [0.4, 0.5) is 4.39 Å². The van der Waals surface area contributed by atoms with E-state index in [9.17, 15) is 12.8 Å². The smallest absolute Gasteiger partial charge is 0.243 e. The zero-order valence-electron chi connectivity index (χ0n) is 12.7. The van der Waals surface area contributed by atoms with Crippen LogP contribution in [-0.4, -0.2) is 32.9 Å². The van der Waals surface area contributed by atoms with Crippen molar-refractivity contribution in [3.63, 3.8) is 0 Å². The summed E-state index contributed by atoms with van der Waals surface area (Å²) < 4.78 is 45.4. The predicted molar refractivity (Wildman–Crippen MR) is 88.0 cm³/mol. The normalized spacial score (nSPS) is 17.3. The van der Waals surface area contributed by atoms with E-state index < -0.39 is 15.8 Å². The molecular weight excluding hydrogens is 337 g/mol. The first-order valence-corrected chi connectivity index (χ1v) is 9.71. The molecule has 0 bridgehead atoms. The molecule has 3 rings (SSSR count). The Morgan fingerprint density at radius 2 is 2.00 bits per heavy atom. The first kappa shape index (κ1) is 16.4. The van der Waals surface area contributed by atoms with Crippen LogP contribution in [0.2, 0.25) is 0 Å². The minimum atomic E-state index is -3.66. The van der Waals surface area contributed by atoms with E-state index in [1.165, 1.54) is 28.4 Å². The number of benzene rings is 1. The first-order valence-electron chi connectivity index (χ1n) is 7.39. The fourth-order valence-electron chi connectivity index (χ4n) is 2.86. The second-order valence-electron chi connectivity index (χ2n) is 5.49. The molecule has 1 saturated heterocycles. The SMILES string of the molecule is COc1ccc(S(=O)(=O)N2CCC(c3cccs3)CC2)cc1F. The summed E-state index contributed by atoms with van der Waals surface area (Å²) in [5.41, 5.74) is 0. The Balaban J connectivity index is 1.75. The van der Waals surface area contributed by atoms with E-state index in [-0.39, 0.29) is 10.6 Å². The lowest BCUT2D eigenvalue weighted by atomic mass is 9.97. The van der Waals surface area contributed by atoms with Gasteiger partial charge in [-0.25, -0.2) is 12.8 Å². The van der Waals surface area contributed by atoms with Gasteiger partial charge in [-0.3, -0.25) is 0 Å². The standard InChI is InChI=1S/C16H18FNO3S2/c1-21-15-5-4-13(11-14(15)17)23(19,20)18-8-6-12(7-9-18)16-3-2-10-22-16/h2-5,10-12H,6-9H2,1H3. The highest BCUT2D eigenvalue weighted by atomic mass is 32.2. The molecule has 1 aliphatic rings. The maximum atomic E-state index is 13.8. The number of piperidine rings is 1. The van der Waals surface area contributed by atoms with Crippen LogP contribution in [0.1, 0.15) is 23.6 Å². The summed E-state index contributed by atoms with van der Waals surface area (Å²) in [5, 5.41) is 2.04. The van der Waals surface area contributed by atoms with Gasteiger partial charge in [0, 0.05) is 18.0 Å². The number of rotatable bonds is 4. The van der Waals surface area contributed by atoms with Crippen LogP contribution in [-0.2, 0) is 10.0 Å². The summed E-state index contributed by atoms with van der Waals surface area (Å²) >= 11 is 1.71. The van der Waals surface area contributed by atoms with Crippen molar-refractivity contribution in [1.82, 2.24) is 4.31 Å². The van der Waals surface area contributed by atoms with Crippen molar-refractivity contribution >= 4 is 21.4 Å². The van der Waals surface area contributed by atoms with Gasteiger partial charge in [-0.2, -0.15) is 4.31 Å². The predicted octanol–water partition coefficient (Wildman–Crippen LogP) is 3.46. The maximum Gasteiger partial charge on any atom is 0.243 e. The molecule has 124 valence electrons. The minimum Gasteiger partial charge on any atom is -0.494 e. The van der Waals surface area contributed by atoms with E-state index >= 15 is 0 Å². The van der Waals surface area contributed by atoms with Crippen molar-refractivity contribution in [3.05, 3.63) is 46.4 Å². The van der Waals surface area contributed by atoms with E-state index in [1.54, 1.807) is 11.3 Å². The zero-order valence-corrected chi connectivity index (χ0v) is 14.4. The van der Waals surface area contributed by atoms with Crippen LogP contribution in [0, 0.1) is 5.82 Å². The molecule has 2 heterocycles. The molecule has 0 radical (unpaired) electrons. The van der Waals surface area contributed by atoms with E-state index in [4.69, 9.17) is 4.74 Å². The highest BCUT2D eigenvalue weighted by Crippen LogP contribution is 2.33. The molecule has 0 atom stereocenters. The monoisotopic (exact) mass is 355 g/mol. The molecule has 2 aromatic rings. The number of sulfonamides is 1. The van der Waals surface area contributed by atoms with Crippen LogP contribution in [0.3, 0.4) is 0 Å². The Morgan fingerprint density at radius 3 is 2.57 bits per heavy atom. The third kappa shape index (κ3) is 3.27. The molecule has 4 nitrogen and oxygen atoms in total. The summed E-state index contributed by atoms with van der Waals surface area (Å²) in [5.74, 6) is -0.212. The van der Waals surface area contributed by atoms with Crippen LogP contribution in [0.5, 0.6) is 5.75 Å². The molecule has 0 spiro atoms. The lowest BCUT2D eigenvalue weighted by molar-refractivity contribution is 0.321. The maximum absolute atomic E-state index is 13.8. The van der Waals surface area contributed by atoms with Gasteiger partial charge in [-0.15, -0.1) is 11.3 Å². The van der Waals surface area contributed by atoms with Gasteiger partial charge in [0.15, 0.2) is 11.6 Å². The number of hydrogen-bond acceptors (Lipinski definition) is 4. The second-order valence-corrected chi connectivity index (χ2v) is 8.41. The molecule has 0 aliphatic carbocycles. The molecule has 1 aliphatic heterocycles. The Morgan fingerprint density at radius 1 is 1.26 bits per heavy atom. The summed E-state index contributed by atoms with van der Waals surface area (Å²) in [6.45, 7) is 0.914. The van der Waals surface area contributed by atoms with E-state index in [0.717, 1.165) is 18.9 Å². The van der Waals surface area contributed by atoms with Crippen LogP contribution in [0.25, 0.3) is 0 Å². The quantitative estimate of drug-likeness (QED) is 0.844. The molecule has 7 heteroatoms. The first-order chi connectivity index (χ1) is 11.0. The summed E-state index contributed by atoms with van der Waals surface area (Å²) in [6, 6.07) is 7.88. The highest BCUT2D eigenvalue weighted by Gasteiger charge is 2.30. The third-order valence-electron chi connectivity index (χ3n) is 4.16. The fourth-order valence-corrected chi connectivity index (χ4v) is 5.24. The zero-order chi connectivity index (χ0) is 16.4. The summed E-state index contributed by atoms with van der Waals surface area (Å²) in [4.78, 5) is 1.28. The largest absolute Gasteiger partial charge is 0.494 e. The van der Waals surface area contributed by atoms with Crippen LogP contribution < -0.4 is 4.74 Å². The van der Waals surface area contributed by atoms with Crippen molar-refractivity contribution in [2.24, 2.45) is 0 Å². The average Bonchev–Trinajstić information content (AvgIpc) is 3.09. The average molecular weight is 355 g/mol.